The SMILES string of the molecule is O=C(O)C1=CNc2ccc(Cl)cc2S1. The van der Waals surface area contributed by atoms with E-state index in [-0.39, 0.29) is 4.91 Å². The van der Waals surface area contributed by atoms with Crippen molar-refractivity contribution in [3.8, 4) is 0 Å². The van der Waals surface area contributed by atoms with E-state index in [0.29, 0.717) is 5.02 Å². The molecule has 2 rings (SSSR count). The molecule has 2 N–H and O–H groups in total. The molecule has 0 aliphatic carbocycles. The van der Waals surface area contributed by atoms with Gasteiger partial charge in [-0.3, -0.25) is 0 Å². The summed E-state index contributed by atoms with van der Waals surface area (Å²) in [6, 6.07) is 5.32. The van der Waals surface area contributed by atoms with E-state index in [1.807, 2.05) is 6.07 Å². The Bertz CT molecular complexity index is 431. The summed E-state index contributed by atoms with van der Waals surface area (Å²) in [5.41, 5.74) is 0.879. The molecule has 0 bridgehead atoms. The lowest BCUT2D eigenvalue weighted by Gasteiger charge is -2.15. The van der Waals surface area contributed by atoms with Crippen LogP contribution in [0, 0.1) is 0 Å². The van der Waals surface area contributed by atoms with Gasteiger partial charge in [-0.05, 0) is 18.2 Å². The number of fused-ring (bicyclic) bond motifs is 1. The Morgan fingerprint density at radius 1 is 1.50 bits per heavy atom. The third-order valence-electron chi connectivity index (χ3n) is 1.73. The third kappa shape index (κ3) is 1.71. The number of halogens is 1. The molecule has 1 aliphatic heterocycles. The summed E-state index contributed by atoms with van der Waals surface area (Å²) in [6.45, 7) is 0. The lowest BCUT2D eigenvalue weighted by molar-refractivity contribution is -0.131. The highest BCUT2D eigenvalue weighted by Gasteiger charge is 2.16. The molecule has 5 heteroatoms. The fourth-order valence-electron chi connectivity index (χ4n) is 1.10. The highest BCUT2D eigenvalue weighted by molar-refractivity contribution is 8.04. The molecule has 3 nitrogen and oxygen atoms in total. The van der Waals surface area contributed by atoms with Crippen molar-refractivity contribution in [2.45, 2.75) is 4.90 Å². The molecule has 0 atom stereocenters. The van der Waals surface area contributed by atoms with Gasteiger partial charge in [0, 0.05) is 16.1 Å². The minimum atomic E-state index is -0.937. The fourth-order valence-corrected chi connectivity index (χ4v) is 2.20. The molecular weight excluding hydrogens is 222 g/mol. The number of hydrogen-bond donors (Lipinski definition) is 2. The minimum Gasteiger partial charge on any atom is -0.477 e. The second-order valence-corrected chi connectivity index (χ2v) is 4.22. The predicted octanol–water partition coefficient (Wildman–Crippen LogP) is 2.78. The van der Waals surface area contributed by atoms with Gasteiger partial charge in [0.15, 0.2) is 0 Å². The zero-order valence-corrected chi connectivity index (χ0v) is 8.52. The van der Waals surface area contributed by atoms with Gasteiger partial charge in [0.2, 0.25) is 0 Å². The summed E-state index contributed by atoms with van der Waals surface area (Å²) >= 11 is 6.99. The molecule has 0 aromatic heterocycles. The van der Waals surface area contributed by atoms with E-state index in [0.717, 1.165) is 10.6 Å². The van der Waals surface area contributed by atoms with E-state index in [9.17, 15) is 4.79 Å². The van der Waals surface area contributed by atoms with Crippen molar-refractivity contribution in [3.63, 3.8) is 0 Å². The molecular formula is C9H6ClNO2S. The van der Waals surface area contributed by atoms with Gasteiger partial charge < -0.3 is 10.4 Å². The highest BCUT2D eigenvalue weighted by Crippen LogP contribution is 2.38. The number of carboxylic acids is 1. The highest BCUT2D eigenvalue weighted by atomic mass is 35.5. The Morgan fingerprint density at radius 2 is 2.29 bits per heavy atom. The van der Waals surface area contributed by atoms with Gasteiger partial charge in [0.1, 0.15) is 4.91 Å². The van der Waals surface area contributed by atoms with Gasteiger partial charge in [-0.1, -0.05) is 23.4 Å². The normalized spacial score (nSPS) is 13.9. The summed E-state index contributed by atoms with van der Waals surface area (Å²) in [7, 11) is 0. The monoisotopic (exact) mass is 227 g/mol. The number of anilines is 1. The van der Waals surface area contributed by atoms with Crippen LogP contribution < -0.4 is 5.32 Å². The molecule has 72 valence electrons. The predicted molar refractivity (Wildman–Crippen MR) is 56.7 cm³/mol. The number of nitrogens with one attached hydrogen (secondary N) is 1. The van der Waals surface area contributed by atoms with Gasteiger partial charge in [-0.25, -0.2) is 4.79 Å². The van der Waals surface area contributed by atoms with Gasteiger partial charge in [-0.15, -0.1) is 0 Å². The van der Waals surface area contributed by atoms with Crippen LogP contribution in [-0.4, -0.2) is 11.1 Å². The van der Waals surface area contributed by atoms with Crippen LogP contribution >= 0.6 is 23.4 Å². The minimum absolute atomic E-state index is 0.264. The maximum atomic E-state index is 10.7. The molecule has 0 saturated carbocycles. The van der Waals surface area contributed by atoms with Gasteiger partial charge in [-0.2, -0.15) is 0 Å². The van der Waals surface area contributed by atoms with Gasteiger partial charge >= 0.3 is 5.97 Å². The summed E-state index contributed by atoms with van der Waals surface area (Å²) in [4.78, 5) is 11.8. The van der Waals surface area contributed by atoms with Crippen LogP contribution in [-0.2, 0) is 4.79 Å². The Morgan fingerprint density at radius 3 is 3.00 bits per heavy atom. The van der Waals surface area contributed by atoms with Crippen LogP contribution in [0.3, 0.4) is 0 Å². The topological polar surface area (TPSA) is 49.3 Å². The number of hydrogen-bond acceptors (Lipinski definition) is 3. The summed E-state index contributed by atoms with van der Waals surface area (Å²) < 4.78 is 0. The Labute approximate surface area is 89.8 Å². The largest absolute Gasteiger partial charge is 0.477 e. The first-order chi connectivity index (χ1) is 6.66. The van der Waals surface area contributed by atoms with Crippen LogP contribution in [0.25, 0.3) is 0 Å². The Kier molecular flexibility index (Phi) is 2.39. The number of carbonyl (C=O) groups is 1. The van der Waals surface area contributed by atoms with E-state index in [1.54, 1.807) is 12.1 Å². The van der Waals surface area contributed by atoms with Crippen LogP contribution in [0.15, 0.2) is 34.2 Å². The van der Waals surface area contributed by atoms with E-state index in [2.05, 4.69) is 5.32 Å². The second kappa shape index (κ2) is 3.55. The number of benzene rings is 1. The van der Waals surface area contributed by atoms with Gasteiger partial charge in [0.05, 0.1) is 5.69 Å². The van der Waals surface area contributed by atoms with Crippen LogP contribution in [0.4, 0.5) is 5.69 Å². The number of rotatable bonds is 1. The Balaban J connectivity index is 2.35. The second-order valence-electron chi connectivity index (χ2n) is 2.70. The lowest BCUT2D eigenvalue weighted by atomic mass is 10.3. The zero-order chi connectivity index (χ0) is 10.1. The molecule has 1 aliphatic rings. The van der Waals surface area contributed by atoms with Crippen molar-refractivity contribution in [1.29, 1.82) is 0 Å². The molecule has 0 spiro atoms. The average molecular weight is 228 g/mol. The van der Waals surface area contributed by atoms with Crippen molar-refractivity contribution in [2.24, 2.45) is 0 Å². The first-order valence-corrected chi connectivity index (χ1v) is 5.03. The molecule has 0 amide bonds. The quantitative estimate of drug-likeness (QED) is 0.775. The molecule has 0 saturated heterocycles. The molecule has 1 heterocycles. The maximum Gasteiger partial charge on any atom is 0.344 e. The van der Waals surface area contributed by atoms with Crippen molar-refractivity contribution in [3.05, 3.63) is 34.3 Å². The first kappa shape index (κ1) is 9.43. The molecule has 0 radical (unpaired) electrons. The van der Waals surface area contributed by atoms with Crippen molar-refractivity contribution in [1.82, 2.24) is 0 Å². The smallest absolute Gasteiger partial charge is 0.344 e. The standard InChI is InChI=1S/C9H6ClNO2S/c10-5-1-2-6-7(3-5)14-8(4-11-6)9(12)13/h1-4,11H,(H,12,13). The fraction of sp³-hybridized carbons (Fsp3) is 0. The zero-order valence-electron chi connectivity index (χ0n) is 6.95. The average Bonchev–Trinajstić information content (AvgIpc) is 2.16. The Hall–Kier alpha value is -1.13. The van der Waals surface area contributed by atoms with Crippen LogP contribution in [0.2, 0.25) is 5.02 Å². The lowest BCUT2D eigenvalue weighted by Crippen LogP contribution is -2.05. The van der Waals surface area contributed by atoms with E-state index >= 15 is 0 Å². The number of aliphatic carboxylic acids is 1. The molecule has 1 aromatic rings. The maximum absolute atomic E-state index is 10.7. The first-order valence-electron chi connectivity index (χ1n) is 3.84. The molecule has 0 fully saturated rings. The van der Waals surface area contributed by atoms with Gasteiger partial charge in [0.25, 0.3) is 0 Å². The molecule has 1 aromatic carbocycles. The van der Waals surface area contributed by atoms with Crippen molar-refractivity contribution < 1.29 is 9.90 Å². The van der Waals surface area contributed by atoms with Crippen molar-refractivity contribution >= 4 is 35.0 Å². The molecule has 0 unspecified atom stereocenters. The molecule has 14 heavy (non-hydrogen) atoms. The van der Waals surface area contributed by atoms with Crippen LogP contribution in [0.5, 0.6) is 0 Å². The summed E-state index contributed by atoms with van der Waals surface area (Å²) in [5.74, 6) is -0.937. The van der Waals surface area contributed by atoms with E-state index < -0.39 is 5.97 Å². The number of thioether (sulfide) groups is 1. The van der Waals surface area contributed by atoms with E-state index in [4.69, 9.17) is 16.7 Å². The summed E-state index contributed by atoms with van der Waals surface area (Å²) in [6.07, 6.45) is 1.48. The third-order valence-corrected chi connectivity index (χ3v) is 3.04. The van der Waals surface area contributed by atoms with Crippen LogP contribution in [0.1, 0.15) is 0 Å². The summed E-state index contributed by atoms with van der Waals surface area (Å²) in [5, 5.41) is 12.3. The van der Waals surface area contributed by atoms with E-state index in [1.165, 1.54) is 18.0 Å². The van der Waals surface area contributed by atoms with Crippen molar-refractivity contribution in [2.75, 3.05) is 5.32 Å². The number of carboxylic acid groups (broad SMARTS) is 1.